The zero-order valence-electron chi connectivity index (χ0n) is 13.5. The van der Waals surface area contributed by atoms with Crippen molar-refractivity contribution in [1.29, 1.82) is 0 Å². The molecule has 0 aliphatic carbocycles. The van der Waals surface area contributed by atoms with Crippen LogP contribution in [-0.2, 0) is 19.6 Å². The summed E-state index contributed by atoms with van der Waals surface area (Å²) in [6.45, 7) is 3.46. The molecule has 1 fully saturated rings. The molecular formula is C15H22N2O6S. The van der Waals surface area contributed by atoms with Crippen molar-refractivity contribution in [2.45, 2.75) is 17.9 Å². The number of hydrogen-bond acceptors (Lipinski definition) is 6. The highest BCUT2D eigenvalue weighted by atomic mass is 32.2. The Labute approximate surface area is 141 Å². The monoisotopic (exact) mass is 358 g/mol. The van der Waals surface area contributed by atoms with Gasteiger partial charge in [0.25, 0.3) is 5.91 Å². The first kappa shape index (κ1) is 18.7. The Morgan fingerprint density at radius 2 is 1.96 bits per heavy atom. The second-order valence-electron chi connectivity index (χ2n) is 5.29. The summed E-state index contributed by atoms with van der Waals surface area (Å²) >= 11 is 0. The SMILES string of the molecule is C[C@@H](Oc1ccc(S(=O)(=O)NCCO)cc1)C(=O)N1CCOCC1. The van der Waals surface area contributed by atoms with E-state index in [0.29, 0.717) is 32.1 Å². The van der Waals surface area contributed by atoms with Crippen LogP contribution in [0.25, 0.3) is 0 Å². The van der Waals surface area contributed by atoms with Gasteiger partial charge in [0.05, 0.1) is 24.7 Å². The first-order valence-corrected chi connectivity index (χ1v) is 9.16. The molecule has 0 spiro atoms. The number of benzene rings is 1. The number of morpholine rings is 1. The van der Waals surface area contributed by atoms with E-state index in [9.17, 15) is 13.2 Å². The van der Waals surface area contributed by atoms with Crippen LogP contribution < -0.4 is 9.46 Å². The predicted octanol–water partition coefficient (Wildman–Crippen LogP) is -0.417. The zero-order chi connectivity index (χ0) is 17.6. The van der Waals surface area contributed by atoms with Gasteiger partial charge in [0, 0.05) is 19.6 Å². The van der Waals surface area contributed by atoms with Crippen LogP contribution in [0.5, 0.6) is 5.75 Å². The minimum absolute atomic E-state index is 0.0499. The molecule has 1 atom stereocenters. The standard InChI is InChI=1S/C15H22N2O6S/c1-12(15(19)17-7-10-22-11-8-17)23-13-2-4-14(5-3-13)24(20,21)16-6-9-18/h2-5,12,16,18H,6-11H2,1H3/t12-/m1/s1. The van der Waals surface area contributed by atoms with Crippen molar-refractivity contribution in [2.24, 2.45) is 0 Å². The van der Waals surface area contributed by atoms with Crippen LogP contribution in [0.4, 0.5) is 0 Å². The Kier molecular flexibility index (Phi) is 6.55. The van der Waals surface area contributed by atoms with Crippen LogP contribution in [0.15, 0.2) is 29.2 Å². The van der Waals surface area contributed by atoms with Crippen molar-refractivity contribution in [3.05, 3.63) is 24.3 Å². The number of nitrogens with one attached hydrogen (secondary N) is 1. The van der Waals surface area contributed by atoms with E-state index in [-0.39, 0.29) is 24.0 Å². The summed E-state index contributed by atoms with van der Waals surface area (Å²) in [5.41, 5.74) is 0. The zero-order valence-corrected chi connectivity index (χ0v) is 14.3. The van der Waals surface area contributed by atoms with E-state index in [2.05, 4.69) is 4.72 Å². The molecule has 1 aromatic carbocycles. The highest BCUT2D eigenvalue weighted by Gasteiger charge is 2.24. The smallest absolute Gasteiger partial charge is 0.263 e. The molecule has 0 radical (unpaired) electrons. The van der Waals surface area contributed by atoms with E-state index in [1.54, 1.807) is 11.8 Å². The van der Waals surface area contributed by atoms with Gasteiger partial charge in [0.15, 0.2) is 6.10 Å². The van der Waals surface area contributed by atoms with Gasteiger partial charge in [0.2, 0.25) is 10.0 Å². The van der Waals surface area contributed by atoms with Gasteiger partial charge >= 0.3 is 0 Å². The molecule has 1 saturated heterocycles. The Morgan fingerprint density at radius 1 is 1.33 bits per heavy atom. The third kappa shape index (κ3) is 4.91. The molecule has 0 aromatic heterocycles. The fraction of sp³-hybridized carbons (Fsp3) is 0.533. The van der Waals surface area contributed by atoms with E-state index in [1.807, 2.05) is 0 Å². The third-order valence-electron chi connectivity index (χ3n) is 3.52. The molecule has 2 N–H and O–H groups in total. The average Bonchev–Trinajstić information content (AvgIpc) is 2.60. The van der Waals surface area contributed by atoms with Gasteiger partial charge in [-0.3, -0.25) is 4.79 Å². The minimum atomic E-state index is -3.66. The molecule has 1 aliphatic rings. The van der Waals surface area contributed by atoms with Crippen molar-refractivity contribution < 1.29 is 27.8 Å². The predicted molar refractivity (Wildman–Crippen MR) is 86.2 cm³/mol. The Hall–Kier alpha value is -1.68. The van der Waals surface area contributed by atoms with Gasteiger partial charge in [-0.2, -0.15) is 0 Å². The summed E-state index contributed by atoms with van der Waals surface area (Å²) in [6, 6.07) is 5.77. The number of carbonyl (C=O) groups is 1. The number of ether oxygens (including phenoxy) is 2. The molecule has 0 unspecified atom stereocenters. The highest BCUT2D eigenvalue weighted by Crippen LogP contribution is 2.17. The summed E-state index contributed by atoms with van der Waals surface area (Å²) in [7, 11) is -3.66. The van der Waals surface area contributed by atoms with Gasteiger partial charge in [-0.15, -0.1) is 0 Å². The molecule has 0 saturated carbocycles. The maximum atomic E-state index is 12.3. The van der Waals surface area contributed by atoms with Crippen LogP contribution in [0, 0.1) is 0 Å². The fourth-order valence-corrected chi connectivity index (χ4v) is 3.28. The first-order valence-electron chi connectivity index (χ1n) is 7.68. The molecule has 0 bridgehead atoms. The maximum absolute atomic E-state index is 12.3. The van der Waals surface area contributed by atoms with E-state index in [0.717, 1.165) is 0 Å². The van der Waals surface area contributed by atoms with E-state index < -0.39 is 16.1 Å². The number of rotatable bonds is 7. The molecule has 2 rings (SSSR count). The highest BCUT2D eigenvalue weighted by molar-refractivity contribution is 7.89. The van der Waals surface area contributed by atoms with Crippen LogP contribution in [0.3, 0.4) is 0 Å². The lowest BCUT2D eigenvalue weighted by Gasteiger charge is -2.29. The summed E-state index contributed by atoms with van der Waals surface area (Å²) < 4.78 is 36.9. The van der Waals surface area contributed by atoms with Gasteiger partial charge in [-0.05, 0) is 31.2 Å². The van der Waals surface area contributed by atoms with E-state index >= 15 is 0 Å². The molecule has 24 heavy (non-hydrogen) atoms. The third-order valence-corrected chi connectivity index (χ3v) is 5.00. The van der Waals surface area contributed by atoms with E-state index in [4.69, 9.17) is 14.6 Å². The summed E-state index contributed by atoms with van der Waals surface area (Å²) in [5, 5.41) is 8.69. The summed E-state index contributed by atoms with van der Waals surface area (Å²) in [5.74, 6) is 0.282. The van der Waals surface area contributed by atoms with Crippen LogP contribution in [-0.4, -0.2) is 69.9 Å². The molecule has 1 amide bonds. The molecule has 8 nitrogen and oxygen atoms in total. The second-order valence-corrected chi connectivity index (χ2v) is 7.06. The van der Waals surface area contributed by atoms with Crippen molar-refractivity contribution in [3.8, 4) is 5.75 Å². The number of amides is 1. The van der Waals surface area contributed by atoms with Gasteiger partial charge < -0.3 is 19.5 Å². The van der Waals surface area contributed by atoms with Gasteiger partial charge in [-0.25, -0.2) is 13.1 Å². The second kappa shape index (κ2) is 8.43. The van der Waals surface area contributed by atoms with Gasteiger partial charge in [-0.1, -0.05) is 0 Å². The normalized spacial score (nSPS) is 16.7. The number of aliphatic hydroxyl groups excluding tert-OH is 1. The van der Waals surface area contributed by atoms with Crippen molar-refractivity contribution in [3.63, 3.8) is 0 Å². The molecular weight excluding hydrogens is 336 g/mol. The van der Waals surface area contributed by atoms with Gasteiger partial charge in [0.1, 0.15) is 5.75 Å². The first-order chi connectivity index (χ1) is 11.4. The lowest BCUT2D eigenvalue weighted by Crippen LogP contribution is -2.46. The number of aliphatic hydroxyl groups is 1. The fourth-order valence-electron chi connectivity index (χ4n) is 2.26. The topological polar surface area (TPSA) is 105 Å². The Bertz CT molecular complexity index is 640. The molecule has 9 heteroatoms. The Morgan fingerprint density at radius 3 is 2.54 bits per heavy atom. The van der Waals surface area contributed by atoms with Crippen molar-refractivity contribution in [2.75, 3.05) is 39.5 Å². The summed E-state index contributed by atoms with van der Waals surface area (Å²) in [6.07, 6.45) is -0.668. The lowest BCUT2D eigenvalue weighted by molar-refractivity contribution is -0.142. The number of sulfonamides is 1. The van der Waals surface area contributed by atoms with E-state index in [1.165, 1.54) is 24.3 Å². The maximum Gasteiger partial charge on any atom is 0.263 e. The quantitative estimate of drug-likeness (QED) is 0.686. The lowest BCUT2D eigenvalue weighted by atomic mass is 10.3. The number of carbonyl (C=O) groups excluding carboxylic acids is 1. The molecule has 1 aromatic rings. The molecule has 1 aliphatic heterocycles. The largest absolute Gasteiger partial charge is 0.481 e. The average molecular weight is 358 g/mol. The van der Waals surface area contributed by atoms with Crippen LogP contribution in [0.1, 0.15) is 6.92 Å². The van der Waals surface area contributed by atoms with Crippen LogP contribution >= 0.6 is 0 Å². The summed E-state index contributed by atoms with van der Waals surface area (Å²) in [4.78, 5) is 14.0. The Balaban J connectivity index is 1.96. The minimum Gasteiger partial charge on any atom is -0.481 e. The van der Waals surface area contributed by atoms with Crippen molar-refractivity contribution in [1.82, 2.24) is 9.62 Å². The molecule has 134 valence electrons. The van der Waals surface area contributed by atoms with Crippen LogP contribution in [0.2, 0.25) is 0 Å². The van der Waals surface area contributed by atoms with Crippen molar-refractivity contribution >= 4 is 15.9 Å². The molecule has 1 heterocycles. The number of hydrogen-bond donors (Lipinski definition) is 2. The number of nitrogens with zero attached hydrogens (tertiary/aromatic N) is 1.